The maximum Gasteiger partial charge on any atom is 0.254 e. The van der Waals surface area contributed by atoms with Gasteiger partial charge in [0.1, 0.15) is 12.2 Å². The van der Waals surface area contributed by atoms with Gasteiger partial charge in [0.05, 0.1) is 0 Å². The van der Waals surface area contributed by atoms with Crippen molar-refractivity contribution in [3.63, 3.8) is 0 Å². The molecule has 2 aliphatic heterocycles. The van der Waals surface area contributed by atoms with Gasteiger partial charge in [-0.1, -0.05) is 18.2 Å². The fourth-order valence-corrected chi connectivity index (χ4v) is 4.14. The SMILES string of the molecule is Cl.Cn1cnnc1C1CCN(C(=O)c2ccccc2C2CCNC2)CC1. The number of nitrogens with one attached hydrogen (secondary N) is 1. The number of likely N-dealkylation sites (tertiary alicyclic amines) is 1. The summed E-state index contributed by atoms with van der Waals surface area (Å²) >= 11 is 0. The number of carbonyl (C=O) groups is 1. The summed E-state index contributed by atoms with van der Waals surface area (Å²) < 4.78 is 1.99. The second kappa shape index (κ2) is 8.18. The van der Waals surface area contributed by atoms with Gasteiger partial charge in [-0.15, -0.1) is 22.6 Å². The van der Waals surface area contributed by atoms with Crippen molar-refractivity contribution in [3.8, 4) is 0 Å². The number of nitrogens with zero attached hydrogens (tertiary/aromatic N) is 4. The molecule has 3 heterocycles. The number of aryl methyl sites for hydroxylation is 1. The number of rotatable bonds is 3. The van der Waals surface area contributed by atoms with Gasteiger partial charge in [0, 0.05) is 38.2 Å². The summed E-state index contributed by atoms with van der Waals surface area (Å²) in [5.74, 6) is 2.06. The van der Waals surface area contributed by atoms with E-state index in [0.29, 0.717) is 11.8 Å². The standard InChI is InChI=1S/C19H25N5O.ClH/c1-23-13-21-22-18(23)14-7-10-24(11-8-14)19(25)17-5-3-2-4-16(17)15-6-9-20-12-15;/h2-5,13-15,20H,6-12H2,1H3;1H. The number of carbonyl (C=O) groups excluding carboxylic acids is 1. The van der Waals surface area contributed by atoms with Gasteiger partial charge in [0.25, 0.3) is 5.91 Å². The molecule has 2 aliphatic rings. The third kappa shape index (κ3) is 3.62. The van der Waals surface area contributed by atoms with E-state index in [2.05, 4.69) is 21.6 Å². The Kier molecular flexibility index (Phi) is 5.94. The topological polar surface area (TPSA) is 63.1 Å². The molecular weight excluding hydrogens is 350 g/mol. The molecule has 0 spiro atoms. The number of hydrogen-bond acceptors (Lipinski definition) is 4. The summed E-state index contributed by atoms with van der Waals surface area (Å²) in [4.78, 5) is 15.1. The van der Waals surface area contributed by atoms with Crippen LogP contribution in [-0.2, 0) is 7.05 Å². The van der Waals surface area contributed by atoms with Crippen molar-refractivity contribution in [2.75, 3.05) is 26.2 Å². The van der Waals surface area contributed by atoms with Crippen LogP contribution in [0.2, 0.25) is 0 Å². The van der Waals surface area contributed by atoms with Gasteiger partial charge in [0.2, 0.25) is 0 Å². The van der Waals surface area contributed by atoms with Crippen molar-refractivity contribution >= 4 is 18.3 Å². The van der Waals surface area contributed by atoms with E-state index >= 15 is 0 Å². The highest BCUT2D eigenvalue weighted by molar-refractivity contribution is 5.96. The predicted octanol–water partition coefficient (Wildman–Crippen LogP) is 2.33. The Morgan fingerprint density at radius 3 is 2.58 bits per heavy atom. The molecule has 0 aliphatic carbocycles. The number of aromatic nitrogens is 3. The molecule has 140 valence electrons. The summed E-state index contributed by atoms with van der Waals surface area (Å²) in [6.07, 6.45) is 4.76. The highest BCUT2D eigenvalue weighted by atomic mass is 35.5. The monoisotopic (exact) mass is 375 g/mol. The predicted molar refractivity (Wildman–Crippen MR) is 103 cm³/mol. The Hall–Kier alpha value is -1.92. The molecule has 26 heavy (non-hydrogen) atoms. The molecule has 1 aromatic heterocycles. The summed E-state index contributed by atoms with van der Waals surface area (Å²) in [5.41, 5.74) is 2.08. The highest BCUT2D eigenvalue weighted by Crippen LogP contribution is 2.30. The largest absolute Gasteiger partial charge is 0.339 e. The maximum atomic E-state index is 13.1. The van der Waals surface area contributed by atoms with Crippen LogP contribution in [0.25, 0.3) is 0 Å². The van der Waals surface area contributed by atoms with Gasteiger partial charge >= 0.3 is 0 Å². The third-order valence-electron chi connectivity index (χ3n) is 5.59. The molecule has 1 N–H and O–H groups in total. The first-order valence-corrected chi connectivity index (χ1v) is 9.17. The smallest absolute Gasteiger partial charge is 0.254 e. The van der Waals surface area contributed by atoms with E-state index in [9.17, 15) is 4.79 Å². The first-order chi connectivity index (χ1) is 12.2. The quantitative estimate of drug-likeness (QED) is 0.894. The molecule has 2 saturated heterocycles. The molecule has 1 aromatic carbocycles. The summed E-state index contributed by atoms with van der Waals surface area (Å²) in [6.45, 7) is 3.58. The zero-order chi connectivity index (χ0) is 17.2. The van der Waals surface area contributed by atoms with Gasteiger partial charge in [-0.3, -0.25) is 4.79 Å². The lowest BCUT2D eigenvalue weighted by Crippen LogP contribution is -2.38. The number of amides is 1. The van der Waals surface area contributed by atoms with Crippen LogP contribution in [0, 0.1) is 0 Å². The molecular formula is C19H26ClN5O. The molecule has 7 heteroatoms. The molecule has 0 radical (unpaired) electrons. The minimum absolute atomic E-state index is 0. The van der Waals surface area contributed by atoms with Crippen LogP contribution in [0.4, 0.5) is 0 Å². The van der Waals surface area contributed by atoms with E-state index in [1.807, 2.05) is 34.7 Å². The van der Waals surface area contributed by atoms with Crippen molar-refractivity contribution in [2.24, 2.45) is 7.05 Å². The van der Waals surface area contributed by atoms with Gasteiger partial charge in [-0.05, 0) is 43.4 Å². The zero-order valence-corrected chi connectivity index (χ0v) is 15.9. The molecule has 2 fully saturated rings. The Morgan fingerprint density at radius 2 is 1.92 bits per heavy atom. The average molecular weight is 376 g/mol. The second-order valence-corrected chi connectivity index (χ2v) is 7.14. The van der Waals surface area contributed by atoms with Crippen LogP contribution in [0.15, 0.2) is 30.6 Å². The summed E-state index contributed by atoms with van der Waals surface area (Å²) in [6, 6.07) is 8.14. The van der Waals surface area contributed by atoms with Crippen LogP contribution < -0.4 is 5.32 Å². The van der Waals surface area contributed by atoms with E-state index in [1.165, 1.54) is 5.56 Å². The number of benzene rings is 1. The van der Waals surface area contributed by atoms with Crippen molar-refractivity contribution in [2.45, 2.75) is 31.1 Å². The van der Waals surface area contributed by atoms with Gasteiger partial charge in [-0.25, -0.2) is 0 Å². The average Bonchev–Trinajstić information content (AvgIpc) is 3.33. The molecule has 0 bridgehead atoms. The molecule has 1 unspecified atom stereocenters. The van der Waals surface area contributed by atoms with Gasteiger partial charge in [-0.2, -0.15) is 0 Å². The Bertz CT molecular complexity index is 748. The fraction of sp³-hybridized carbons (Fsp3) is 0.526. The lowest BCUT2D eigenvalue weighted by atomic mass is 9.91. The first kappa shape index (κ1) is 18.9. The van der Waals surface area contributed by atoms with E-state index in [4.69, 9.17) is 0 Å². The Morgan fingerprint density at radius 1 is 1.15 bits per heavy atom. The maximum absolute atomic E-state index is 13.1. The van der Waals surface area contributed by atoms with Crippen LogP contribution in [0.1, 0.15) is 52.8 Å². The van der Waals surface area contributed by atoms with Crippen molar-refractivity contribution in [1.29, 1.82) is 0 Å². The van der Waals surface area contributed by atoms with Crippen molar-refractivity contribution < 1.29 is 4.79 Å². The highest BCUT2D eigenvalue weighted by Gasteiger charge is 2.29. The van der Waals surface area contributed by atoms with Crippen LogP contribution in [0.5, 0.6) is 0 Å². The van der Waals surface area contributed by atoms with Crippen molar-refractivity contribution in [3.05, 3.63) is 47.5 Å². The van der Waals surface area contributed by atoms with E-state index in [0.717, 1.165) is 56.8 Å². The lowest BCUT2D eigenvalue weighted by molar-refractivity contribution is 0.0709. The van der Waals surface area contributed by atoms with Crippen LogP contribution in [-0.4, -0.2) is 51.8 Å². The number of halogens is 1. The first-order valence-electron chi connectivity index (χ1n) is 9.17. The second-order valence-electron chi connectivity index (χ2n) is 7.14. The molecule has 0 saturated carbocycles. The van der Waals surface area contributed by atoms with E-state index in [-0.39, 0.29) is 18.3 Å². The molecule has 1 atom stereocenters. The third-order valence-corrected chi connectivity index (χ3v) is 5.59. The number of hydrogen-bond donors (Lipinski definition) is 1. The lowest BCUT2D eigenvalue weighted by Gasteiger charge is -2.32. The summed E-state index contributed by atoms with van der Waals surface area (Å²) in [7, 11) is 1.98. The molecule has 2 aromatic rings. The summed E-state index contributed by atoms with van der Waals surface area (Å²) in [5, 5.41) is 11.6. The van der Waals surface area contributed by atoms with Crippen LogP contribution >= 0.6 is 12.4 Å². The minimum atomic E-state index is 0. The van der Waals surface area contributed by atoms with Gasteiger partial charge in [0.15, 0.2) is 0 Å². The normalized spacial score (nSPS) is 20.8. The zero-order valence-electron chi connectivity index (χ0n) is 15.1. The minimum Gasteiger partial charge on any atom is -0.339 e. The fourth-order valence-electron chi connectivity index (χ4n) is 4.14. The number of piperidine rings is 1. The van der Waals surface area contributed by atoms with Crippen molar-refractivity contribution in [1.82, 2.24) is 25.0 Å². The molecule has 4 rings (SSSR count). The van der Waals surface area contributed by atoms with Crippen LogP contribution in [0.3, 0.4) is 0 Å². The Balaban J connectivity index is 0.00000196. The van der Waals surface area contributed by atoms with E-state index < -0.39 is 0 Å². The Labute approximate surface area is 160 Å². The molecule has 1 amide bonds. The molecule has 6 nitrogen and oxygen atoms in total. The van der Waals surface area contributed by atoms with E-state index in [1.54, 1.807) is 6.33 Å². The van der Waals surface area contributed by atoms with Gasteiger partial charge < -0.3 is 14.8 Å².